The fraction of sp³-hybridized carbons (Fsp3) is 1.00. The van der Waals surface area contributed by atoms with Crippen LogP contribution in [0.1, 0.15) is 45.4 Å². The van der Waals surface area contributed by atoms with E-state index in [2.05, 4.69) is 16.4 Å². The van der Waals surface area contributed by atoms with Crippen LogP contribution in [0.25, 0.3) is 0 Å². The Labute approximate surface area is 99.5 Å². The number of rotatable bonds is 8. The highest BCUT2D eigenvalue weighted by Crippen LogP contribution is 2.05. The summed E-state index contributed by atoms with van der Waals surface area (Å²) in [7, 11) is -0.472. The molecular formula is C10H25NO4S. The van der Waals surface area contributed by atoms with Crippen molar-refractivity contribution in [3.05, 3.63) is 0 Å². The first-order valence-electron chi connectivity index (χ1n) is 5.68. The van der Waals surface area contributed by atoms with E-state index in [1.165, 1.54) is 19.3 Å². The quantitative estimate of drug-likeness (QED) is 0.512. The fourth-order valence-corrected chi connectivity index (χ4v) is 1.38. The summed E-state index contributed by atoms with van der Waals surface area (Å²) in [6.07, 6.45) is 6.34. The maximum Gasteiger partial charge on any atom is 0.397 e. The normalized spacial score (nSPS) is 10.8. The molecule has 0 amide bonds. The van der Waals surface area contributed by atoms with E-state index >= 15 is 0 Å². The van der Waals surface area contributed by atoms with Gasteiger partial charge in [-0.3, -0.25) is 4.55 Å². The molecule has 0 rings (SSSR count). The molecule has 0 aromatic rings. The summed E-state index contributed by atoms with van der Waals surface area (Å²) in [5.74, 6) is 0. The fourth-order valence-electron chi connectivity index (χ4n) is 1.05. The molecule has 5 nitrogen and oxygen atoms in total. The van der Waals surface area contributed by atoms with Gasteiger partial charge in [-0.15, -0.1) is 0 Å². The van der Waals surface area contributed by atoms with Gasteiger partial charge >= 0.3 is 10.4 Å². The Kier molecular flexibility index (Phi) is 14.7. The molecule has 0 aliphatic heterocycles. The van der Waals surface area contributed by atoms with Crippen LogP contribution >= 0.6 is 0 Å². The van der Waals surface area contributed by atoms with Crippen LogP contribution in [0.5, 0.6) is 0 Å². The largest absolute Gasteiger partial charge is 0.397 e. The molecule has 2 N–H and O–H groups in total. The van der Waals surface area contributed by atoms with Crippen LogP contribution in [0.2, 0.25) is 0 Å². The maximum atomic E-state index is 10.1. The molecule has 0 atom stereocenters. The van der Waals surface area contributed by atoms with Gasteiger partial charge in [-0.25, -0.2) is 4.18 Å². The van der Waals surface area contributed by atoms with Crippen molar-refractivity contribution < 1.29 is 17.2 Å². The van der Waals surface area contributed by atoms with E-state index < -0.39 is 10.4 Å². The van der Waals surface area contributed by atoms with Crippen molar-refractivity contribution in [1.29, 1.82) is 0 Å². The predicted molar refractivity (Wildman–Crippen MR) is 65.9 cm³/mol. The molecule has 0 fully saturated rings. The van der Waals surface area contributed by atoms with Crippen molar-refractivity contribution >= 4 is 10.4 Å². The minimum absolute atomic E-state index is 0.0883. The SMILES string of the molecule is CCCCCCCCOS(=O)(=O)O.CNC. The second-order valence-corrected chi connectivity index (χ2v) is 4.61. The van der Waals surface area contributed by atoms with Gasteiger partial charge in [0.1, 0.15) is 0 Å². The third-order valence-electron chi connectivity index (χ3n) is 1.73. The van der Waals surface area contributed by atoms with Crippen LogP contribution in [0.3, 0.4) is 0 Å². The van der Waals surface area contributed by atoms with Crippen LogP contribution in [0.15, 0.2) is 0 Å². The molecule has 0 saturated carbocycles. The van der Waals surface area contributed by atoms with Gasteiger partial charge < -0.3 is 5.32 Å². The Morgan fingerprint density at radius 2 is 1.50 bits per heavy atom. The van der Waals surface area contributed by atoms with Crippen molar-refractivity contribution in [2.24, 2.45) is 0 Å². The van der Waals surface area contributed by atoms with Crippen LogP contribution in [0.4, 0.5) is 0 Å². The Morgan fingerprint density at radius 3 is 1.94 bits per heavy atom. The zero-order valence-corrected chi connectivity index (χ0v) is 11.3. The second kappa shape index (κ2) is 12.9. The molecule has 0 heterocycles. The van der Waals surface area contributed by atoms with E-state index in [-0.39, 0.29) is 6.61 Å². The van der Waals surface area contributed by atoms with Crippen LogP contribution < -0.4 is 5.32 Å². The highest BCUT2D eigenvalue weighted by molar-refractivity contribution is 7.80. The summed E-state index contributed by atoms with van der Waals surface area (Å²) < 4.78 is 32.6. The summed E-state index contributed by atoms with van der Waals surface area (Å²) in [6.45, 7) is 2.23. The standard InChI is InChI=1S/C8H18O4S.C2H7N/c1-2-3-4-5-6-7-8-12-13(9,10)11;1-3-2/h2-8H2,1H3,(H,9,10,11);3H,1-2H3. The lowest BCUT2D eigenvalue weighted by molar-refractivity contribution is 0.261. The van der Waals surface area contributed by atoms with Crippen molar-refractivity contribution in [3.63, 3.8) is 0 Å². The summed E-state index contributed by atoms with van der Waals surface area (Å²) >= 11 is 0. The lowest BCUT2D eigenvalue weighted by atomic mass is 10.1. The molecule has 0 bridgehead atoms. The summed E-state index contributed by atoms with van der Waals surface area (Å²) in [5, 5.41) is 2.75. The van der Waals surface area contributed by atoms with Crippen LogP contribution in [-0.4, -0.2) is 33.7 Å². The minimum Gasteiger partial charge on any atom is -0.323 e. The van der Waals surface area contributed by atoms with Gasteiger partial charge in [0.05, 0.1) is 6.61 Å². The minimum atomic E-state index is -4.22. The van der Waals surface area contributed by atoms with Crippen molar-refractivity contribution in [3.8, 4) is 0 Å². The van der Waals surface area contributed by atoms with Crippen molar-refractivity contribution in [2.75, 3.05) is 20.7 Å². The van der Waals surface area contributed by atoms with Crippen molar-refractivity contribution in [1.82, 2.24) is 5.32 Å². The third kappa shape index (κ3) is 23.6. The predicted octanol–water partition coefficient (Wildman–Crippen LogP) is 2.00. The first-order valence-corrected chi connectivity index (χ1v) is 7.04. The average molecular weight is 255 g/mol. The van der Waals surface area contributed by atoms with Crippen molar-refractivity contribution in [2.45, 2.75) is 45.4 Å². The highest BCUT2D eigenvalue weighted by atomic mass is 32.3. The Balaban J connectivity index is 0. The van der Waals surface area contributed by atoms with E-state index in [0.717, 1.165) is 12.8 Å². The molecule has 0 aromatic carbocycles. The highest BCUT2D eigenvalue weighted by Gasteiger charge is 2.02. The van der Waals surface area contributed by atoms with E-state index in [4.69, 9.17) is 4.55 Å². The van der Waals surface area contributed by atoms with Crippen LogP contribution in [0, 0.1) is 0 Å². The molecular weight excluding hydrogens is 230 g/mol. The Hall–Kier alpha value is -0.170. The number of hydrogen-bond donors (Lipinski definition) is 2. The van der Waals surface area contributed by atoms with Gasteiger partial charge in [0, 0.05) is 0 Å². The molecule has 0 aliphatic carbocycles. The topological polar surface area (TPSA) is 75.6 Å². The molecule has 100 valence electrons. The Morgan fingerprint density at radius 1 is 1.06 bits per heavy atom. The zero-order chi connectivity index (χ0) is 12.9. The smallest absolute Gasteiger partial charge is 0.323 e. The molecule has 0 aliphatic rings. The van der Waals surface area contributed by atoms with Crippen LogP contribution in [-0.2, 0) is 14.6 Å². The maximum absolute atomic E-state index is 10.1. The second-order valence-electron chi connectivity index (χ2n) is 3.52. The molecule has 0 spiro atoms. The third-order valence-corrected chi connectivity index (χ3v) is 2.19. The van der Waals surface area contributed by atoms with E-state index in [1.807, 2.05) is 14.1 Å². The molecule has 0 unspecified atom stereocenters. The molecule has 6 heteroatoms. The van der Waals surface area contributed by atoms with E-state index in [1.54, 1.807) is 0 Å². The molecule has 0 aromatic heterocycles. The van der Waals surface area contributed by atoms with Gasteiger partial charge in [0.25, 0.3) is 0 Å². The summed E-state index contributed by atoms with van der Waals surface area (Å²) in [5.41, 5.74) is 0. The summed E-state index contributed by atoms with van der Waals surface area (Å²) in [6, 6.07) is 0. The van der Waals surface area contributed by atoms with Gasteiger partial charge in [-0.1, -0.05) is 39.0 Å². The molecule has 0 radical (unpaired) electrons. The first-order chi connectivity index (χ1) is 7.47. The Bertz CT molecular complexity index is 217. The van der Waals surface area contributed by atoms with Gasteiger partial charge in [0.2, 0.25) is 0 Å². The van der Waals surface area contributed by atoms with E-state index in [9.17, 15) is 8.42 Å². The number of nitrogens with one attached hydrogen (secondary N) is 1. The summed E-state index contributed by atoms with van der Waals surface area (Å²) in [4.78, 5) is 0. The number of unbranched alkanes of at least 4 members (excludes halogenated alkanes) is 5. The van der Waals surface area contributed by atoms with Gasteiger partial charge in [0.15, 0.2) is 0 Å². The monoisotopic (exact) mass is 255 g/mol. The number of hydrogen-bond acceptors (Lipinski definition) is 4. The zero-order valence-electron chi connectivity index (χ0n) is 10.5. The van der Waals surface area contributed by atoms with Gasteiger partial charge in [-0.2, -0.15) is 8.42 Å². The van der Waals surface area contributed by atoms with E-state index in [0.29, 0.717) is 6.42 Å². The molecule has 16 heavy (non-hydrogen) atoms. The lowest BCUT2D eigenvalue weighted by Crippen LogP contribution is -2.04. The average Bonchev–Trinajstić information content (AvgIpc) is 2.16. The van der Waals surface area contributed by atoms with Gasteiger partial charge in [-0.05, 0) is 20.5 Å². The first kappa shape index (κ1) is 18.2. The lowest BCUT2D eigenvalue weighted by Gasteiger charge is -2.00. The molecule has 0 saturated heterocycles.